The monoisotopic (exact) mass is 756 g/mol. The molecule has 3 unspecified atom stereocenters. The number of ether oxygens (including phenoxy) is 6. The first-order chi connectivity index (χ1) is 23.8. The third-order valence-corrected chi connectivity index (χ3v) is 31.9. The Morgan fingerprint density at radius 3 is 1.08 bits per heavy atom. The molecule has 4 rings (SSSR count). The maximum atomic E-state index is 7.93. The van der Waals surface area contributed by atoms with Crippen LogP contribution in [0.3, 0.4) is 0 Å². The predicted octanol–water partition coefficient (Wildman–Crippen LogP) is 7.25. The molecule has 3 atom stereocenters. The highest BCUT2D eigenvalue weighted by atomic mass is 28.5. The van der Waals surface area contributed by atoms with Gasteiger partial charge in [-0.25, -0.2) is 0 Å². The lowest BCUT2D eigenvalue weighted by atomic mass is 10.4. The summed E-state index contributed by atoms with van der Waals surface area (Å²) in [5, 5.41) is 1.14. The summed E-state index contributed by atoms with van der Waals surface area (Å²) in [6.45, 7) is 20.8. The van der Waals surface area contributed by atoms with Crippen molar-refractivity contribution in [3.8, 4) is 0 Å². The number of rotatable bonds is 31. The van der Waals surface area contributed by atoms with Crippen molar-refractivity contribution >= 4 is 38.9 Å². The molecule has 3 aliphatic heterocycles. The van der Waals surface area contributed by atoms with Crippen molar-refractivity contribution in [2.75, 3.05) is 59.5 Å². The first kappa shape index (κ1) is 41.5. The second-order valence-electron chi connectivity index (χ2n) is 14.3. The molecule has 0 bridgehead atoms. The van der Waals surface area contributed by atoms with E-state index < -0.39 is 33.8 Å². The van der Waals surface area contributed by atoms with Gasteiger partial charge in [0.1, 0.15) is 18.3 Å². The zero-order valence-corrected chi connectivity index (χ0v) is 35.6. The van der Waals surface area contributed by atoms with Crippen LogP contribution in [0.25, 0.3) is 0 Å². The Hall–Kier alpha value is -0.272. The predicted molar refractivity (Wildman–Crippen MR) is 205 cm³/mol. The molecule has 0 aliphatic carbocycles. The van der Waals surface area contributed by atoms with Gasteiger partial charge in [-0.3, -0.25) is 0 Å². The quantitative estimate of drug-likeness (QED) is 0.0441. The Morgan fingerprint density at radius 1 is 0.510 bits per heavy atom. The van der Waals surface area contributed by atoms with E-state index in [2.05, 4.69) is 71.9 Å². The average molecular weight is 757 g/mol. The molecule has 0 radical (unpaired) electrons. The Labute approximate surface area is 302 Å². The third kappa shape index (κ3) is 13.6. The lowest BCUT2D eigenvalue weighted by Gasteiger charge is -2.49. The van der Waals surface area contributed by atoms with Gasteiger partial charge in [0.2, 0.25) is 0 Å². The highest BCUT2D eigenvalue weighted by molar-refractivity contribution is 6.97. The van der Waals surface area contributed by atoms with Gasteiger partial charge in [0.05, 0.1) is 39.6 Å². The van der Waals surface area contributed by atoms with Gasteiger partial charge >= 0.3 is 8.80 Å². The van der Waals surface area contributed by atoms with Crippen LogP contribution in [0.15, 0.2) is 30.3 Å². The molecule has 0 aromatic heterocycles. The average Bonchev–Trinajstić information content (AvgIpc) is 3.98. The molecule has 0 amide bonds. The normalized spacial score (nSPS) is 21.9. The third-order valence-electron chi connectivity index (χ3n) is 10.9. The summed E-state index contributed by atoms with van der Waals surface area (Å²) in [5.74, 6) is 0. The van der Waals surface area contributed by atoms with Crippen molar-refractivity contribution in [2.45, 2.75) is 134 Å². The summed E-state index contributed by atoms with van der Waals surface area (Å²) < 4.78 is 58.0. The Kier molecular flexibility index (Phi) is 17.6. The fourth-order valence-corrected chi connectivity index (χ4v) is 27.9. The standard InChI is InChI=1S/C36H68O9Si4/c1-7-46(8-2,24-16-21-37-27-33-30-40-33)43-49(36-19-14-13-15-20-36,44-47(9-3,10-4)25-17-22-38-28-34-31-41-34)45-48(11-5,12-6)26-18-23-39-29-35-32-42-35/h13-15,19-20,33-35H,7-12,16-18,21-32H2,1-6H3. The van der Waals surface area contributed by atoms with E-state index >= 15 is 0 Å². The van der Waals surface area contributed by atoms with Crippen molar-refractivity contribution < 1.29 is 40.8 Å². The summed E-state index contributed by atoms with van der Waals surface area (Å²) in [7, 11) is -10.3. The van der Waals surface area contributed by atoms with Gasteiger partial charge in [-0.05, 0) is 73.7 Å². The summed E-state index contributed by atoms with van der Waals surface area (Å²) in [5.41, 5.74) is 0. The number of epoxide rings is 3. The van der Waals surface area contributed by atoms with Crippen LogP contribution in [-0.2, 0) is 40.8 Å². The van der Waals surface area contributed by atoms with Gasteiger partial charge in [0.25, 0.3) is 0 Å². The number of benzene rings is 1. The molecule has 9 nitrogen and oxygen atoms in total. The Morgan fingerprint density at radius 2 is 0.816 bits per heavy atom. The molecular formula is C36H68O9Si4. The second-order valence-corrected chi connectivity index (χ2v) is 31.3. The minimum absolute atomic E-state index is 0.290. The van der Waals surface area contributed by atoms with Crippen molar-refractivity contribution in [3.05, 3.63) is 30.3 Å². The van der Waals surface area contributed by atoms with Crippen LogP contribution in [0.1, 0.15) is 60.8 Å². The van der Waals surface area contributed by atoms with Gasteiger partial charge in [-0.2, -0.15) is 0 Å². The minimum Gasteiger partial charge on any atom is -0.413 e. The molecule has 1 aromatic carbocycles. The smallest absolute Gasteiger partial charge is 0.413 e. The topological polar surface area (TPSA) is 93.0 Å². The van der Waals surface area contributed by atoms with Gasteiger partial charge in [-0.1, -0.05) is 71.9 Å². The van der Waals surface area contributed by atoms with E-state index in [1.165, 1.54) is 0 Å². The van der Waals surface area contributed by atoms with Crippen LogP contribution >= 0.6 is 0 Å². The molecule has 1 aromatic rings. The summed E-state index contributed by atoms with van der Waals surface area (Å²) >= 11 is 0. The zero-order valence-electron chi connectivity index (χ0n) is 31.6. The van der Waals surface area contributed by atoms with E-state index in [-0.39, 0.29) is 18.3 Å². The molecular weight excluding hydrogens is 689 g/mol. The molecule has 3 saturated heterocycles. The van der Waals surface area contributed by atoms with Gasteiger partial charge in [0, 0.05) is 25.0 Å². The van der Waals surface area contributed by atoms with Crippen LogP contribution in [0.5, 0.6) is 0 Å². The van der Waals surface area contributed by atoms with Crippen LogP contribution in [-0.4, -0.2) is 112 Å². The summed E-state index contributed by atoms with van der Waals surface area (Å²) in [4.78, 5) is 0. The lowest BCUT2D eigenvalue weighted by molar-refractivity contribution is 0.115. The largest absolute Gasteiger partial charge is 0.505 e. The molecule has 3 fully saturated rings. The molecule has 0 saturated carbocycles. The van der Waals surface area contributed by atoms with E-state index in [0.717, 1.165) is 118 Å². The van der Waals surface area contributed by atoms with Crippen LogP contribution in [0.4, 0.5) is 0 Å². The fraction of sp³-hybridized carbons (Fsp3) is 0.833. The Balaban J connectivity index is 1.64. The lowest BCUT2D eigenvalue weighted by Crippen LogP contribution is -2.70. The highest BCUT2D eigenvalue weighted by Crippen LogP contribution is 2.38. The summed E-state index contributed by atoms with van der Waals surface area (Å²) in [6.07, 6.45) is 3.82. The van der Waals surface area contributed by atoms with E-state index in [9.17, 15) is 0 Å². The Bertz CT molecular complexity index is 933. The van der Waals surface area contributed by atoms with Gasteiger partial charge in [-0.15, -0.1) is 0 Å². The minimum atomic E-state index is -3.43. The molecule has 49 heavy (non-hydrogen) atoms. The van der Waals surface area contributed by atoms with Crippen molar-refractivity contribution in [1.82, 2.24) is 0 Å². The second kappa shape index (κ2) is 20.8. The highest BCUT2D eigenvalue weighted by Gasteiger charge is 2.57. The van der Waals surface area contributed by atoms with Gasteiger partial charge in [0.15, 0.2) is 25.0 Å². The number of hydrogen-bond donors (Lipinski definition) is 0. The molecule has 0 spiro atoms. The first-order valence-corrected chi connectivity index (χ1v) is 28.9. The zero-order chi connectivity index (χ0) is 35.1. The van der Waals surface area contributed by atoms with E-state index in [1.54, 1.807) is 0 Å². The molecule has 3 aliphatic rings. The van der Waals surface area contributed by atoms with E-state index in [0.29, 0.717) is 19.8 Å². The SMILES string of the molecule is CC[Si](CC)(CCCOCC1CO1)O[Si](O[Si](CC)(CC)CCCOCC1CO1)(O[Si](CC)(CC)CCCOCC1CO1)c1ccccc1. The molecule has 0 N–H and O–H groups in total. The first-order valence-electron chi connectivity index (χ1n) is 19.6. The van der Waals surface area contributed by atoms with Gasteiger partial charge < -0.3 is 40.8 Å². The van der Waals surface area contributed by atoms with Crippen molar-refractivity contribution in [2.24, 2.45) is 0 Å². The van der Waals surface area contributed by atoms with Crippen molar-refractivity contribution in [3.63, 3.8) is 0 Å². The molecule has 3 heterocycles. The van der Waals surface area contributed by atoms with Crippen LogP contribution in [0, 0.1) is 0 Å². The van der Waals surface area contributed by atoms with E-state index in [1.807, 2.05) is 0 Å². The van der Waals surface area contributed by atoms with Crippen molar-refractivity contribution in [1.29, 1.82) is 0 Å². The maximum Gasteiger partial charge on any atom is 0.505 e. The van der Waals surface area contributed by atoms with Crippen LogP contribution in [0.2, 0.25) is 54.4 Å². The van der Waals surface area contributed by atoms with Crippen LogP contribution < -0.4 is 5.19 Å². The molecule has 282 valence electrons. The van der Waals surface area contributed by atoms with E-state index in [4.69, 9.17) is 40.8 Å². The number of hydrogen-bond acceptors (Lipinski definition) is 9. The molecule has 13 heteroatoms. The fourth-order valence-electron chi connectivity index (χ4n) is 6.76. The summed E-state index contributed by atoms with van der Waals surface area (Å²) in [6, 6.07) is 20.1. The maximum absolute atomic E-state index is 7.93.